The van der Waals surface area contributed by atoms with Gasteiger partial charge in [0.1, 0.15) is 0 Å². The van der Waals surface area contributed by atoms with E-state index in [0.29, 0.717) is 0 Å². The van der Waals surface area contributed by atoms with Gasteiger partial charge in [-0.25, -0.2) is 0 Å². The first-order chi connectivity index (χ1) is 6.37. The van der Waals surface area contributed by atoms with Crippen molar-refractivity contribution in [3.63, 3.8) is 0 Å². The van der Waals surface area contributed by atoms with Gasteiger partial charge in [-0.15, -0.1) is 0 Å². The molecule has 0 aromatic heterocycles. The van der Waals surface area contributed by atoms with Crippen LogP contribution in [0.4, 0.5) is 0 Å². The molecule has 0 heterocycles. The SMILES string of the molecule is C=C1[C](=[V])C(C)=C(C)C(C)=C(C)[C]1=[W]. The Kier molecular flexibility index (Phi) is 3.86. The second kappa shape index (κ2) is 4.39. The van der Waals surface area contributed by atoms with Gasteiger partial charge < -0.3 is 0 Å². The molecular formula is C12H14VW. The van der Waals surface area contributed by atoms with Crippen LogP contribution in [0.25, 0.3) is 0 Å². The molecule has 1 rings (SSSR count). The van der Waals surface area contributed by atoms with E-state index in [1.54, 1.807) is 0 Å². The zero-order valence-corrected chi connectivity index (χ0v) is 13.4. The van der Waals surface area contributed by atoms with E-state index in [9.17, 15) is 0 Å². The van der Waals surface area contributed by atoms with Crippen LogP contribution < -0.4 is 0 Å². The number of hydrogen-bond donors (Lipinski definition) is 0. The molecule has 0 spiro atoms. The van der Waals surface area contributed by atoms with Gasteiger partial charge in [0.15, 0.2) is 0 Å². The molecule has 0 amide bonds. The zero-order valence-electron chi connectivity index (χ0n) is 9.06. The van der Waals surface area contributed by atoms with E-state index in [-0.39, 0.29) is 0 Å². The van der Waals surface area contributed by atoms with Crippen LogP contribution in [0.1, 0.15) is 27.7 Å². The summed E-state index contributed by atoms with van der Waals surface area (Å²) >= 11 is 4.17. The van der Waals surface area contributed by atoms with Crippen molar-refractivity contribution in [1.82, 2.24) is 0 Å². The average molecular weight is 393 g/mol. The number of hydrogen-bond acceptors (Lipinski definition) is 0. The molecule has 0 aliphatic heterocycles. The molecule has 0 atom stereocenters. The summed E-state index contributed by atoms with van der Waals surface area (Å²) in [5, 5.41) is 0. The molecule has 0 saturated heterocycles. The fourth-order valence-electron chi connectivity index (χ4n) is 1.47. The minimum absolute atomic E-state index is 1.20. The monoisotopic (exact) mass is 393 g/mol. The topological polar surface area (TPSA) is 0 Å². The number of allylic oxidation sites excluding steroid dienone is 5. The van der Waals surface area contributed by atoms with Crippen molar-refractivity contribution in [2.24, 2.45) is 0 Å². The van der Waals surface area contributed by atoms with Gasteiger partial charge in [0.05, 0.1) is 0 Å². The third-order valence-corrected chi connectivity index (χ3v) is 5.87. The summed E-state index contributed by atoms with van der Waals surface area (Å²) in [5.74, 6) is 0. The van der Waals surface area contributed by atoms with Crippen LogP contribution in [-0.4, -0.2) is 8.12 Å². The normalized spacial score (nSPS) is 19.2. The summed E-state index contributed by atoms with van der Waals surface area (Å²) in [7, 11) is 0. The van der Waals surface area contributed by atoms with Crippen molar-refractivity contribution in [2.45, 2.75) is 27.7 Å². The Morgan fingerprint density at radius 3 is 1.86 bits per heavy atom. The summed E-state index contributed by atoms with van der Waals surface area (Å²) in [6.07, 6.45) is 0. The molecule has 1 aliphatic carbocycles. The van der Waals surface area contributed by atoms with Crippen molar-refractivity contribution >= 4 is 8.12 Å². The van der Waals surface area contributed by atoms with Crippen LogP contribution in [0.5, 0.6) is 0 Å². The molecule has 0 unspecified atom stereocenters. The Labute approximate surface area is 106 Å². The van der Waals surface area contributed by atoms with Crippen molar-refractivity contribution in [1.29, 1.82) is 0 Å². The molecule has 0 aromatic carbocycles. The van der Waals surface area contributed by atoms with Crippen molar-refractivity contribution in [3.8, 4) is 0 Å². The van der Waals surface area contributed by atoms with Crippen LogP contribution in [0.2, 0.25) is 0 Å². The quantitative estimate of drug-likeness (QED) is 0.594. The van der Waals surface area contributed by atoms with Crippen molar-refractivity contribution < 1.29 is 36.3 Å². The first kappa shape index (κ1) is 12.3. The van der Waals surface area contributed by atoms with E-state index in [1.807, 2.05) is 0 Å². The summed E-state index contributed by atoms with van der Waals surface area (Å²) < 4.78 is 2.69. The molecular weight excluding hydrogens is 379 g/mol. The predicted octanol–water partition coefficient (Wildman–Crippen LogP) is 2.67. The first-order valence-corrected chi connectivity index (χ1v) is 6.70. The molecule has 0 nitrogen and oxygen atoms in total. The molecule has 0 bridgehead atoms. The van der Waals surface area contributed by atoms with E-state index in [0.717, 1.165) is 0 Å². The molecule has 2 heteroatoms. The standard InChI is InChI=1S/C12H14.V.W/c1-8-6-9(2)11(4)12(5)10(3)7-8;;/h1H2,2-5H3;;. The van der Waals surface area contributed by atoms with Gasteiger partial charge in [-0.3, -0.25) is 0 Å². The maximum atomic E-state index is 4.17. The molecule has 0 radical (unpaired) electrons. The predicted molar refractivity (Wildman–Crippen MR) is 55.9 cm³/mol. The summed E-state index contributed by atoms with van der Waals surface area (Å²) in [6, 6.07) is 0. The van der Waals surface area contributed by atoms with Gasteiger partial charge in [0, 0.05) is 0 Å². The third kappa shape index (κ3) is 1.94. The maximum absolute atomic E-state index is 4.17. The van der Waals surface area contributed by atoms with Crippen LogP contribution >= 0.6 is 0 Å². The van der Waals surface area contributed by atoms with Gasteiger partial charge in [-0.05, 0) is 0 Å². The van der Waals surface area contributed by atoms with Gasteiger partial charge in [-0.1, -0.05) is 0 Å². The molecule has 0 N–H and O–H groups in total. The molecule has 0 aromatic rings. The Balaban J connectivity index is 3.50. The molecule has 14 heavy (non-hydrogen) atoms. The van der Waals surface area contributed by atoms with Crippen LogP contribution in [0, 0.1) is 0 Å². The van der Waals surface area contributed by atoms with Gasteiger partial charge in [0.25, 0.3) is 0 Å². The van der Waals surface area contributed by atoms with Gasteiger partial charge >= 0.3 is 107 Å². The second-order valence-electron chi connectivity index (χ2n) is 3.66. The molecule has 1 aliphatic rings. The Morgan fingerprint density at radius 1 is 0.929 bits per heavy atom. The zero-order chi connectivity index (χ0) is 11.0. The minimum atomic E-state index is 1.20. The van der Waals surface area contributed by atoms with E-state index in [2.05, 4.69) is 51.3 Å². The van der Waals surface area contributed by atoms with E-state index in [1.165, 1.54) is 55.3 Å². The second-order valence-corrected chi connectivity index (χ2v) is 5.82. The fourth-order valence-corrected chi connectivity index (χ4v) is 3.30. The summed E-state index contributed by atoms with van der Waals surface area (Å²) in [5.41, 5.74) is 6.78. The van der Waals surface area contributed by atoms with Crippen molar-refractivity contribution in [3.05, 3.63) is 34.4 Å². The molecule has 0 fully saturated rings. The van der Waals surface area contributed by atoms with E-state index in [4.69, 9.17) is 0 Å². The van der Waals surface area contributed by atoms with Gasteiger partial charge in [-0.2, -0.15) is 0 Å². The van der Waals surface area contributed by atoms with E-state index < -0.39 is 0 Å². The molecule has 0 saturated carbocycles. The third-order valence-electron chi connectivity index (χ3n) is 2.94. The Hall–Kier alpha value is 0.233. The van der Waals surface area contributed by atoms with Crippen LogP contribution in [0.3, 0.4) is 0 Å². The van der Waals surface area contributed by atoms with Crippen LogP contribution in [0.15, 0.2) is 34.4 Å². The average Bonchev–Trinajstić information content (AvgIpc) is 2.23. The van der Waals surface area contributed by atoms with Crippen LogP contribution in [-0.2, 0) is 36.3 Å². The summed E-state index contributed by atoms with van der Waals surface area (Å²) in [4.78, 5) is 0. The Morgan fingerprint density at radius 2 is 1.36 bits per heavy atom. The fraction of sp³-hybridized carbons (Fsp3) is 0.333. The molecule has 73 valence electrons. The van der Waals surface area contributed by atoms with Gasteiger partial charge in [0.2, 0.25) is 0 Å². The van der Waals surface area contributed by atoms with E-state index >= 15 is 0 Å². The first-order valence-electron chi connectivity index (χ1n) is 4.53. The summed E-state index contributed by atoms with van der Waals surface area (Å²) in [6.45, 7) is 12.9. The van der Waals surface area contributed by atoms with Crippen molar-refractivity contribution in [2.75, 3.05) is 0 Å². The number of rotatable bonds is 0. The Bertz CT molecular complexity index is 370.